The molecule has 0 bridgehead atoms. The minimum Gasteiger partial charge on any atom is -0.481 e. The van der Waals surface area contributed by atoms with Crippen LogP contribution in [-0.4, -0.2) is 42.9 Å². The van der Waals surface area contributed by atoms with E-state index < -0.39 is 23.5 Å². The Hall–Kier alpha value is -1.31. The van der Waals surface area contributed by atoms with Gasteiger partial charge in [-0.3, -0.25) is 9.59 Å². The first-order valence-corrected chi connectivity index (χ1v) is 5.44. The molecule has 1 rings (SSSR count). The lowest BCUT2D eigenvalue weighted by Crippen LogP contribution is -2.43. The van der Waals surface area contributed by atoms with E-state index in [-0.39, 0.29) is 39.0 Å². The van der Waals surface area contributed by atoms with Crippen LogP contribution in [0.1, 0.15) is 19.3 Å². The van der Waals surface area contributed by atoms with E-state index in [1.807, 2.05) is 0 Å². The minimum atomic E-state index is -4.94. The van der Waals surface area contributed by atoms with Gasteiger partial charge in [-0.2, -0.15) is 13.2 Å². The summed E-state index contributed by atoms with van der Waals surface area (Å²) in [6, 6.07) is 0. The first-order valence-electron chi connectivity index (χ1n) is 5.44. The maximum atomic E-state index is 11.9. The van der Waals surface area contributed by atoms with E-state index >= 15 is 0 Å². The van der Waals surface area contributed by atoms with Gasteiger partial charge in [-0.1, -0.05) is 0 Å². The molecule has 5 nitrogen and oxygen atoms in total. The summed E-state index contributed by atoms with van der Waals surface area (Å²) >= 11 is 0. The molecule has 0 aromatic carbocycles. The van der Waals surface area contributed by atoms with Crippen molar-refractivity contribution in [3.8, 4) is 0 Å². The highest BCUT2D eigenvalue weighted by molar-refractivity contribution is 5.81. The fraction of sp³-hybridized carbons (Fsp3) is 0.800. The number of hydrogen-bond donors (Lipinski definition) is 2. The Bertz CT molecular complexity index is 324. The number of nitrogens with one attached hydrogen (secondary N) is 1. The van der Waals surface area contributed by atoms with Crippen molar-refractivity contribution < 1.29 is 32.6 Å². The van der Waals surface area contributed by atoms with Gasteiger partial charge in [-0.15, -0.1) is 0 Å². The van der Waals surface area contributed by atoms with E-state index in [1.165, 1.54) is 0 Å². The molecule has 0 radical (unpaired) electrons. The van der Waals surface area contributed by atoms with Crippen molar-refractivity contribution in [3.63, 3.8) is 0 Å². The van der Waals surface area contributed by atoms with Crippen LogP contribution >= 0.6 is 0 Å². The van der Waals surface area contributed by atoms with E-state index in [0.717, 1.165) is 0 Å². The Morgan fingerprint density at radius 2 is 1.83 bits per heavy atom. The molecule has 18 heavy (non-hydrogen) atoms. The molecule has 0 unspecified atom stereocenters. The molecule has 0 aromatic heterocycles. The van der Waals surface area contributed by atoms with Crippen LogP contribution in [0.15, 0.2) is 0 Å². The third-order valence-corrected chi connectivity index (χ3v) is 3.05. The van der Waals surface area contributed by atoms with Crippen LogP contribution in [0.5, 0.6) is 0 Å². The first kappa shape index (κ1) is 14.7. The number of aliphatic carboxylic acids is 1. The maximum Gasteiger partial charge on any atom is 0.471 e. The van der Waals surface area contributed by atoms with Crippen molar-refractivity contribution in [1.29, 1.82) is 0 Å². The number of carboxylic acid groups (broad SMARTS) is 1. The van der Waals surface area contributed by atoms with E-state index in [1.54, 1.807) is 5.32 Å². The molecule has 1 heterocycles. The number of hydrogen-bond acceptors (Lipinski definition) is 3. The minimum absolute atomic E-state index is 0.0342. The molecule has 0 aromatic rings. The summed E-state index contributed by atoms with van der Waals surface area (Å²) in [5, 5.41) is 10.8. The van der Waals surface area contributed by atoms with Gasteiger partial charge in [0.05, 0.1) is 5.41 Å². The van der Waals surface area contributed by atoms with Gasteiger partial charge in [-0.05, 0) is 19.3 Å². The summed E-state index contributed by atoms with van der Waals surface area (Å²) in [7, 11) is 0. The Labute approximate surface area is 101 Å². The Morgan fingerprint density at radius 3 is 2.28 bits per heavy atom. The van der Waals surface area contributed by atoms with Crippen LogP contribution in [0.4, 0.5) is 13.2 Å². The van der Waals surface area contributed by atoms with Crippen molar-refractivity contribution in [2.24, 2.45) is 5.41 Å². The van der Waals surface area contributed by atoms with Gasteiger partial charge in [0.1, 0.15) is 0 Å². The van der Waals surface area contributed by atoms with E-state index in [2.05, 4.69) is 0 Å². The molecular formula is C10H14F3NO4. The van der Waals surface area contributed by atoms with E-state index in [4.69, 9.17) is 9.84 Å². The number of rotatable bonds is 4. The number of alkyl halides is 3. The smallest absolute Gasteiger partial charge is 0.471 e. The fourth-order valence-corrected chi connectivity index (χ4v) is 1.85. The van der Waals surface area contributed by atoms with Crippen LogP contribution in [0.25, 0.3) is 0 Å². The highest BCUT2D eigenvalue weighted by atomic mass is 19.4. The van der Waals surface area contributed by atoms with Gasteiger partial charge >= 0.3 is 18.1 Å². The SMILES string of the molecule is O=C(NCCC1(C(=O)O)CCOCC1)C(F)(F)F. The zero-order chi connectivity index (χ0) is 13.8. The quantitative estimate of drug-likeness (QED) is 0.796. The van der Waals surface area contributed by atoms with Crippen molar-refractivity contribution in [1.82, 2.24) is 5.32 Å². The lowest BCUT2D eigenvalue weighted by molar-refractivity contribution is -0.174. The van der Waals surface area contributed by atoms with Gasteiger partial charge < -0.3 is 15.2 Å². The number of carboxylic acids is 1. The fourth-order valence-electron chi connectivity index (χ4n) is 1.85. The van der Waals surface area contributed by atoms with Crippen molar-refractivity contribution in [2.75, 3.05) is 19.8 Å². The van der Waals surface area contributed by atoms with Gasteiger partial charge in [0.15, 0.2) is 0 Å². The Morgan fingerprint density at radius 1 is 1.28 bits per heavy atom. The number of ether oxygens (including phenoxy) is 1. The van der Waals surface area contributed by atoms with Gasteiger partial charge in [-0.25, -0.2) is 0 Å². The van der Waals surface area contributed by atoms with Crippen LogP contribution < -0.4 is 5.32 Å². The molecule has 1 aliphatic rings. The first-order chi connectivity index (χ1) is 8.28. The predicted octanol–water partition coefficient (Wildman–Crippen LogP) is 0.936. The Kier molecular flexibility index (Phi) is 4.55. The molecule has 0 spiro atoms. The Balaban J connectivity index is 2.49. The highest BCUT2D eigenvalue weighted by Gasteiger charge is 2.42. The number of amides is 1. The third kappa shape index (κ3) is 3.59. The van der Waals surface area contributed by atoms with E-state index in [9.17, 15) is 22.8 Å². The standard InChI is InChI=1S/C10H14F3NO4/c11-10(12,13)7(15)14-4-1-9(8(16)17)2-5-18-6-3-9/h1-6H2,(H,14,15)(H,16,17). The van der Waals surface area contributed by atoms with Crippen molar-refractivity contribution >= 4 is 11.9 Å². The summed E-state index contributed by atoms with van der Waals surface area (Å²) < 4.78 is 40.8. The average molecular weight is 269 g/mol. The molecule has 1 amide bonds. The summed E-state index contributed by atoms with van der Waals surface area (Å²) in [5.74, 6) is -3.11. The second-order valence-corrected chi connectivity index (χ2v) is 4.20. The predicted molar refractivity (Wildman–Crippen MR) is 53.8 cm³/mol. The molecule has 104 valence electrons. The molecule has 8 heteroatoms. The van der Waals surface area contributed by atoms with Gasteiger partial charge in [0.25, 0.3) is 0 Å². The number of halogens is 3. The lowest BCUT2D eigenvalue weighted by atomic mass is 9.77. The number of carbonyl (C=O) groups excluding carboxylic acids is 1. The van der Waals surface area contributed by atoms with Crippen LogP contribution in [0.2, 0.25) is 0 Å². The highest BCUT2D eigenvalue weighted by Crippen LogP contribution is 2.34. The second kappa shape index (κ2) is 5.55. The van der Waals surface area contributed by atoms with Crippen molar-refractivity contribution in [3.05, 3.63) is 0 Å². The van der Waals surface area contributed by atoms with Gasteiger partial charge in [0, 0.05) is 19.8 Å². The molecule has 0 saturated carbocycles. The van der Waals surface area contributed by atoms with Crippen LogP contribution in [0.3, 0.4) is 0 Å². The summed E-state index contributed by atoms with van der Waals surface area (Å²) in [6.07, 6.45) is -4.49. The maximum absolute atomic E-state index is 11.9. The van der Waals surface area contributed by atoms with Crippen LogP contribution in [-0.2, 0) is 14.3 Å². The second-order valence-electron chi connectivity index (χ2n) is 4.20. The largest absolute Gasteiger partial charge is 0.481 e. The van der Waals surface area contributed by atoms with E-state index in [0.29, 0.717) is 0 Å². The third-order valence-electron chi connectivity index (χ3n) is 3.05. The van der Waals surface area contributed by atoms with Gasteiger partial charge in [0.2, 0.25) is 0 Å². The monoisotopic (exact) mass is 269 g/mol. The molecule has 2 N–H and O–H groups in total. The molecular weight excluding hydrogens is 255 g/mol. The summed E-state index contributed by atoms with van der Waals surface area (Å²) in [5.41, 5.74) is -1.10. The molecule has 1 saturated heterocycles. The normalized spacial score (nSPS) is 19.3. The van der Waals surface area contributed by atoms with Crippen LogP contribution in [0, 0.1) is 5.41 Å². The topological polar surface area (TPSA) is 75.6 Å². The molecule has 0 aliphatic carbocycles. The molecule has 1 fully saturated rings. The molecule has 1 aliphatic heterocycles. The zero-order valence-electron chi connectivity index (χ0n) is 9.55. The zero-order valence-corrected chi connectivity index (χ0v) is 9.55. The summed E-state index contributed by atoms with van der Waals surface area (Å²) in [4.78, 5) is 21.7. The average Bonchev–Trinajstić information content (AvgIpc) is 2.28. The molecule has 0 atom stereocenters. The number of carbonyl (C=O) groups is 2. The van der Waals surface area contributed by atoms with Crippen molar-refractivity contribution in [2.45, 2.75) is 25.4 Å². The lowest BCUT2D eigenvalue weighted by Gasteiger charge is -2.33. The summed E-state index contributed by atoms with van der Waals surface area (Å²) in [6.45, 7) is 0.212.